The summed E-state index contributed by atoms with van der Waals surface area (Å²) in [5.74, 6) is 0. The van der Waals surface area contributed by atoms with E-state index in [1.54, 1.807) is 0 Å². The number of rotatable bonds is 1. The van der Waals surface area contributed by atoms with E-state index in [0.717, 1.165) is 11.3 Å². The van der Waals surface area contributed by atoms with Crippen LogP contribution in [-0.4, -0.2) is 4.98 Å². The average Bonchev–Trinajstić information content (AvgIpc) is 2.29. The van der Waals surface area contributed by atoms with Crippen molar-refractivity contribution >= 4 is 0 Å². The van der Waals surface area contributed by atoms with Crippen molar-refractivity contribution < 1.29 is 40.1 Å². The molecule has 0 aliphatic heterocycles. The molecule has 1 aromatic carbocycles. The van der Waals surface area contributed by atoms with Gasteiger partial charge in [-0.25, -0.2) is 0 Å². The molecule has 0 fully saturated rings. The van der Waals surface area contributed by atoms with Crippen molar-refractivity contribution in [1.29, 1.82) is 0 Å². The number of pyridine rings is 1. The van der Waals surface area contributed by atoms with Crippen LogP contribution in [0.5, 0.6) is 0 Å². The molecule has 0 amide bonds. The minimum atomic E-state index is 0. The quantitative estimate of drug-likeness (QED) is 0.593. The van der Waals surface area contributed by atoms with Gasteiger partial charge in [0.2, 0.25) is 0 Å². The molecule has 1 nitrogen and oxygen atoms in total. The van der Waals surface area contributed by atoms with Crippen LogP contribution in [0, 0.1) is 6.07 Å². The molecule has 90 valence electrons. The van der Waals surface area contributed by atoms with Gasteiger partial charge in [0.1, 0.15) is 0 Å². The fourth-order valence-corrected chi connectivity index (χ4v) is 1.60. The third-order valence-electron chi connectivity index (χ3n) is 2.61. The number of hydrogen-bond donors (Lipinski definition) is 0. The molecule has 1 heterocycles. The average molecular weight is 446 g/mol. The Morgan fingerprint density at radius 2 is 1.83 bits per heavy atom. The molecule has 0 atom stereocenters. The van der Waals surface area contributed by atoms with Gasteiger partial charge >= 0.3 is 27.7 Å². The summed E-state index contributed by atoms with van der Waals surface area (Å²) in [5, 5.41) is 0. The van der Waals surface area contributed by atoms with Gasteiger partial charge in [0, 0.05) is 11.8 Å². The zero-order valence-electron chi connectivity index (χ0n) is 11.1. The summed E-state index contributed by atoms with van der Waals surface area (Å²) in [5.41, 5.74) is 3.50. The number of hydrogen-bond acceptors (Lipinski definition) is 1. The SMILES string of the molecule is CC(C)(C)c1ccnc(-c2[c]cccc2)c1.[Cl-].[Hg+]. The molecule has 2 radical (unpaired) electrons. The van der Waals surface area contributed by atoms with Gasteiger partial charge in [-0.05, 0) is 29.2 Å². The summed E-state index contributed by atoms with van der Waals surface area (Å²) < 4.78 is 0. The van der Waals surface area contributed by atoms with E-state index < -0.39 is 0 Å². The minimum Gasteiger partial charge on any atom is -1.00 e. The Hall–Kier alpha value is -0.405. The Morgan fingerprint density at radius 3 is 2.39 bits per heavy atom. The van der Waals surface area contributed by atoms with Crippen LogP contribution in [0.25, 0.3) is 11.3 Å². The molecule has 3 heteroatoms. The van der Waals surface area contributed by atoms with Gasteiger partial charge in [-0.2, -0.15) is 0 Å². The van der Waals surface area contributed by atoms with Crippen molar-refractivity contribution in [3.05, 3.63) is 54.2 Å². The molecule has 0 aliphatic carbocycles. The zero-order valence-corrected chi connectivity index (χ0v) is 17.3. The van der Waals surface area contributed by atoms with Crippen molar-refractivity contribution in [2.24, 2.45) is 0 Å². The number of halogens is 1. The summed E-state index contributed by atoms with van der Waals surface area (Å²) in [6, 6.07) is 15.4. The van der Waals surface area contributed by atoms with Gasteiger partial charge in [-0.3, -0.25) is 4.98 Å². The van der Waals surface area contributed by atoms with Crippen molar-refractivity contribution in [3.8, 4) is 11.3 Å². The molecule has 18 heavy (non-hydrogen) atoms. The van der Waals surface area contributed by atoms with Crippen LogP contribution in [-0.2, 0) is 33.1 Å². The molecule has 0 bridgehead atoms. The Bertz CT molecular complexity index is 477. The topological polar surface area (TPSA) is 12.9 Å². The van der Waals surface area contributed by atoms with E-state index in [0.29, 0.717) is 0 Å². The van der Waals surface area contributed by atoms with Crippen LogP contribution >= 0.6 is 0 Å². The van der Waals surface area contributed by atoms with Gasteiger partial charge in [0.05, 0.1) is 5.69 Å². The van der Waals surface area contributed by atoms with Gasteiger partial charge in [0.25, 0.3) is 0 Å². The third kappa shape index (κ3) is 4.36. The summed E-state index contributed by atoms with van der Waals surface area (Å²) in [4.78, 5) is 4.39. The van der Waals surface area contributed by atoms with E-state index in [9.17, 15) is 0 Å². The summed E-state index contributed by atoms with van der Waals surface area (Å²) in [6.07, 6.45) is 1.87. The molecule has 2 aromatic rings. The van der Waals surface area contributed by atoms with Crippen LogP contribution in [0.1, 0.15) is 26.3 Å². The van der Waals surface area contributed by atoms with Crippen LogP contribution in [0.4, 0.5) is 0 Å². The van der Waals surface area contributed by atoms with Gasteiger partial charge in [0.15, 0.2) is 0 Å². The van der Waals surface area contributed by atoms with Crippen LogP contribution in [0.2, 0.25) is 0 Å². The van der Waals surface area contributed by atoms with Gasteiger partial charge in [-0.15, -0.1) is 0 Å². The number of nitrogens with zero attached hydrogens (tertiary/aromatic N) is 1. The first kappa shape index (κ1) is 17.6. The monoisotopic (exact) mass is 447 g/mol. The Morgan fingerprint density at radius 1 is 1.11 bits per heavy atom. The normalized spacial score (nSPS) is 10.2. The maximum atomic E-state index is 4.39. The van der Waals surface area contributed by atoms with E-state index in [2.05, 4.69) is 44.0 Å². The van der Waals surface area contributed by atoms with Crippen molar-refractivity contribution in [1.82, 2.24) is 4.98 Å². The maximum Gasteiger partial charge on any atom is 1.00 e. The summed E-state index contributed by atoms with van der Waals surface area (Å²) in [7, 11) is 0. The molecule has 0 aliphatic rings. The van der Waals surface area contributed by atoms with Gasteiger partial charge in [-0.1, -0.05) is 45.0 Å². The zero-order chi connectivity index (χ0) is 11.6. The molecule has 1 aromatic heterocycles. The van der Waals surface area contributed by atoms with E-state index >= 15 is 0 Å². The number of aromatic nitrogens is 1. The van der Waals surface area contributed by atoms with E-state index in [-0.39, 0.29) is 45.5 Å². The second-order valence-electron chi connectivity index (χ2n) is 4.96. The predicted octanol–water partition coefficient (Wildman–Crippen LogP) is 0.848. The molecular formula is C15H16ClHgN. The first-order valence-corrected chi connectivity index (χ1v) is 5.51. The molecule has 0 unspecified atom stereocenters. The van der Waals surface area contributed by atoms with E-state index in [1.807, 2.05) is 30.5 Å². The molecular weight excluding hydrogens is 430 g/mol. The third-order valence-corrected chi connectivity index (χ3v) is 2.61. The standard InChI is InChI=1S/C15H16N.ClH.Hg/c1-15(2,3)13-9-10-16-14(11-13)12-7-5-4-6-8-12;;/h4-7,9-11H,1-3H3;1H;/q;;+1/p-1. The van der Waals surface area contributed by atoms with Gasteiger partial charge < -0.3 is 12.4 Å². The second kappa shape index (κ2) is 7.25. The predicted molar refractivity (Wildman–Crippen MR) is 67.2 cm³/mol. The van der Waals surface area contributed by atoms with E-state index in [1.165, 1.54) is 5.56 Å². The first-order valence-electron chi connectivity index (χ1n) is 5.51. The Labute approximate surface area is 136 Å². The van der Waals surface area contributed by atoms with Crippen molar-refractivity contribution in [3.63, 3.8) is 0 Å². The summed E-state index contributed by atoms with van der Waals surface area (Å²) >= 11 is 0. The largest absolute Gasteiger partial charge is 1.00 e. The fraction of sp³-hybridized carbons (Fsp3) is 0.267. The first-order chi connectivity index (χ1) is 7.57. The van der Waals surface area contributed by atoms with Crippen LogP contribution < -0.4 is 12.4 Å². The van der Waals surface area contributed by atoms with Crippen molar-refractivity contribution in [2.75, 3.05) is 0 Å². The molecule has 2 rings (SSSR count). The van der Waals surface area contributed by atoms with Crippen molar-refractivity contribution in [2.45, 2.75) is 26.2 Å². The molecule has 0 spiro atoms. The smallest absolute Gasteiger partial charge is 1.00 e. The molecule has 0 saturated heterocycles. The van der Waals surface area contributed by atoms with Crippen LogP contribution in [0.3, 0.4) is 0 Å². The fourth-order valence-electron chi connectivity index (χ4n) is 1.60. The van der Waals surface area contributed by atoms with E-state index in [4.69, 9.17) is 0 Å². The van der Waals surface area contributed by atoms with Crippen LogP contribution in [0.15, 0.2) is 42.6 Å². The Balaban J connectivity index is 0.00000144. The Kier molecular flexibility index (Phi) is 7.09. The minimum absolute atomic E-state index is 0. The second-order valence-corrected chi connectivity index (χ2v) is 4.96. The molecule has 0 N–H and O–H groups in total. The molecule has 0 saturated carbocycles. The number of benzene rings is 1. The summed E-state index contributed by atoms with van der Waals surface area (Å²) in [6.45, 7) is 6.63. The maximum absolute atomic E-state index is 4.39.